The van der Waals surface area contributed by atoms with Crippen LogP contribution in [0.3, 0.4) is 0 Å². The highest BCUT2D eigenvalue weighted by Crippen LogP contribution is 2.41. The second kappa shape index (κ2) is 8.76. The molecule has 0 amide bonds. The van der Waals surface area contributed by atoms with Gasteiger partial charge in [-0.05, 0) is 92.7 Å². The Morgan fingerprint density at radius 2 is 1.55 bits per heavy atom. The number of phenolic OH excluding ortho intramolecular Hbond substituents is 2. The summed E-state index contributed by atoms with van der Waals surface area (Å²) in [5, 5.41) is 20.7. The van der Waals surface area contributed by atoms with Gasteiger partial charge in [0.1, 0.15) is 11.5 Å². The summed E-state index contributed by atoms with van der Waals surface area (Å²) in [6.07, 6.45) is 8.00. The van der Waals surface area contributed by atoms with Gasteiger partial charge in [0.15, 0.2) is 0 Å². The van der Waals surface area contributed by atoms with Crippen molar-refractivity contribution < 1.29 is 19.7 Å². The molecule has 0 saturated carbocycles. The van der Waals surface area contributed by atoms with E-state index in [9.17, 15) is 10.2 Å². The molecule has 2 aromatic rings. The van der Waals surface area contributed by atoms with Gasteiger partial charge in [-0.15, -0.1) is 0 Å². The van der Waals surface area contributed by atoms with Crippen LogP contribution in [0, 0.1) is 6.92 Å². The first-order chi connectivity index (χ1) is 14.1. The van der Waals surface area contributed by atoms with Gasteiger partial charge in [-0.2, -0.15) is 0 Å². The van der Waals surface area contributed by atoms with Crippen molar-refractivity contribution >= 4 is 0 Å². The summed E-state index contributed by atoms with van der Waals surface area (Å²) in [6.45, 7) is 2.78. The lowest BCUT2D eigenvalue weighted by molar-refractivity contribution is 0.0376. The van der Waals surface area contributed by atoms with E-state index in [4.69, 9.17) is 9.47 Å². The third-order valence-corrected chi connectivity index (χ3v) is 6.62. The van der Waals surface area contributed by atoms with E-state index >= 15 is 0 Å². The second-order valence-electron chi connectivity index (χ2n) is 8.40. The number of aryl methyl sites for hydroxylation is 2. The number of methoxy groups -OCH3 is 1. The van der Waals surface area contributed by atoms with Crippen molar-refractivity contribution in [1.82, 2.24) is 0 Å². The highest BCUT2D eigenvalue weighted by Gasteiger charge is 2.27. The quantitative estimate of drug-likeness (QED) is 0.637. The van der Waals surface area contributed by atoms with Crippen molar-refractivity contribution in [3.05, 3.63) is 57.6 Å². The maximum absolute atomic E-state index is 10.4. The maximum atomic E-state index is 10.4. The van der Waals surface area contributed by atoms with E-state index < -0.39 is 0 Å². The molecule has 2 aromatic carbocycles. The number of hydrogen-bond donors (Lipinski definition) is 2. The van der Waals surface area contributed by atoms with Gasteiger partial charge in [-0.1, -0.05) is 12.1 Å². The summed E-state index contributed by atoms with van der Waals surface area (Å²) in [7, 11) is 1.72. The van der Waals surface area contributed by atoms with Crippen LogP contribution in [0.5, 0.6) is 11.5 Å². The molecule has 0 saturated heterocycles. The number of rotatable bonds is 6. The summed E-state index contributed by atoms with van der Waals surface area (Å²) < 4.78 is 11.8. The minimum Gasteiger partial charge on any atom is -0.508 e. The first-order valence-electron chi connectivity index (χ1n) is 10.9. The zero-order chi connectivity index (χ0) is 20.4. The normalized spacial score (nSPS) is 20.9. The average molecular weight is 397 g/mol. The highest BCUT2D eigenvalue weighted by molar-refractivity contribution is 5.48. The number of benzene rings is 2. The molecular weight excluding hydrogens is 364 g/mol. The molecule has 29 heavy (non-hydrogen) atoms. The van der Waals surface area contributed by atoms with Crippen molar-refractivity contribution in [1.29, 1.82) is 0 Å². The smallest absolute Gasteiger partial charge is 0.121 e. The minimum absolute atomic E-state index is 0.0000877. The topological polar surface area (TPSA) is 58.9 Å². The summed E-state index contributed by atoms with van der Waals surface area (Å²) >= 11 is 0. The Labute approximate surface area is 173 Å². The van der Waals surface area contributed by atoms with Crippen LogP contribution in [0.15, 0.2) is 24.3 Å². The zero-order valence-corrected chi connectivity index (χ0v) is 17.5. The molecule has 2 N–H and O–H groups in total. The van der Waals surface area contributed by atoms with Gasteiger partial charge in [0, 0.05) is 24.8 Å². The Morgan fingerprint density at radius 3 is 2.31 bits per heavy atom. The van der Waals surface area contributed by atoms with E-state index in [-0.39, 0.29) is 12.2 Å². The summed E-state index contributed by atoms with van der Waals surface area (Å²) in [5.41, 5.74) is 7.05. The van der Waals surface area contributed by atoms with Crippen LogP contribution in [0.4, 0.5) is 0 Å². The largest absolute Gasteiger partial charge is 0.508 e. The Balaban J connectivity index is 1.41. The van der Waals surface area contributed by atoms with Crippen LogP contribution < -0.4 is 0 Å². The number of phenols is 2. The predicted molar refractivity (Wildman–Crippen MR) is 114 cm³/mol. The van der Waals surface area contributed by atoms with Crippen molar-refractivity contribution in [3.63, 3.8) is 0 Å². The van der Waals surface area contributed by atoms with Gasteiger partial charge in [-0.25, -0.2) is 0 Å². The lowest BCUT2D eigenvalue weighted by Crippen LogP contribution is -2.16. The van der Waals surface area contributed by atoms with Crippen molar-refractivity contribution in [2.24, 2.45) is 0 Å². The molecule has 4 nitrogen and oxygen atoms in total. The predicted octanol–water partition coefficient (Wildman–Crippen LogP) is 5.46. The van der Waals surface area contributed by atoms with Gasteiger partial charge in [-0.3, -0.25) is 0 Å². The molecule has 0 heterocycles. The van der Waals surface area contributed by atoms with Crippen molar-refractivity contribution in [2.75, 3.05) is 13.7 Å². The Bertz CT molecular complexity index is 874. The number of ether oxygens (including phenoxy) is 2. The molecule has 2 unspecified atom stereocenters. The fraction of sp³-hybridized carbons (Fsp3) is 0.520. The molecule has 2 aliphatic rings. The molecule has 156 valence electrons. The fourth-order valence-electron chi connectivity index (χ4n) is 5.15. The van der Waals surface area contributed by atoms with Gasteiger partial charge >= 0.3 is 0 Å². The minimum atomic E-state index is -0.00902. The summed E-state index contributed by atoms with van der Waals surface area (Å²) in [5.74, 6) is 0.727. The SMILES string of the molecule is COC1CCCc2c(CCCOC3CCCc4c(C)ccc(O)c43)ccc(O)c21. The standard InChI is InChI=1S/C25H32O4/c1-16-11-13-20(26)24-18(16)7-3-10-23(24)29-15-5-6-17-12-14-21(27)25-19(17)8-4-9-22(25)28-2/h11-14,22-23,26-27H,3-10,15H2,1-2H3. The second-order valence-corrected chi connectivity index (χ2v) is 8.40. The van der Waals surface area contributed by atoms with E-state index in [0.717, 1.165) is 62.5 Å². The highest BCUT2D eigenvalue weighted by atomic mass is 16.5. The summed E-state index contributed by atoms with van der Waals surface area (Å²) in [4.78, 5) is 0. The van der Waals surface area contributed by atoms with Gasteiger partial charge in [0.2, 0.25) is 0 Å². The first kappa shape index (κ1) is 20.2. The van der Waals surface area contributed by atoms with Crippen molar-refractivity contribution in [2.45, 2.75) is 70.5 Å². The van der Waals surface area contributed by atoms with E-state index in [1.54, 1.807) is 13.2 Å². The zero-order valence-electron chi connectivity index (χ0n) is 17.5. The van der Waals surface area contributed by atoms with Crippen LogP contribution in [0.25, 0.3) is 0 Å². The average Bonchev–Trinajstić information content (AvgIpc) is 2.74. The van der Waals surface area contributed by atoms with E-state index in [1.165, 1.54) is 22.3 Å². The van der Waals surface area contributed by atoms with Crippen LogP contribution >= 0.6 is 0 Å². The first-order valence-corrected chi connectivity index (χ1v) is 10.9. The molecule has 0 radical (unpaired) electrons. The lowest BCUT2D eigenvalue weighted by Gasteiger charge is -2.28. The van der Waals surface area contributed by atoms with Crippen LogP contribution in [0.1, 0.15) is 77.7 Å². The Morgan fingerprint density at radius 1 is 0.897 bits per heavy atom. The molecule has 0 spiro atoms. The van der Waals surface area contributed by atoms with Crippen LogP contribution in [-0.4, -0.2) is 23.9 Å². The molecule has 4 rings (SSSR count). The molecule has 0 fully saturated rings. The molecule has 0 aliphatic heterocycles. The van der Waals surface area contributed by atoms with E-state index in [2.05, 4.69) is 13.0 Å². The monoisotopic (exact) mass is 396 g/mol. The lowest BCUT2D eigenvalue weighted by atomic mass is 9.84. The number of hydrogen-bond acceptors (Lipinski definition) is 4. The van der Waals surface area contributed by atoms with Crippen molar-refractivity contribution in [3.8, 4) is 11.5 Å². The molecular formula is C25H32O4. The summed E-state index contributed by atoms with van der Waals surface area (Å²) in [6, 6.07) is 7.66. The van der Waals surface area contributed by atoms with Crippen LogP contribution in [0.2, 0.25) is 0 Å². The molecule has 0 bridgehead atoms. The fourth-order valence-corrected chi connectivity index (χ4v) is 5.15. The molecule has 2 aliphatic carbocycles. The van der Waals surface area contributed by atoms with Gasteiger partial charge in [0.05, 0.1) is 12.2 Å². The number of aromatic hydroxyl groups is 2. The van der Waals surface area contributed by atoms with E-state index in [0.29, 0.717) is 18.1 Å². The molecule has 0 aromatic heterocycles. The third-order valence-electron chi connectivity index (χ3n) is 6.62. The maximum Gasteiger partial charge on any atom is 0.121 e. The van der Waals surface area contributed by atoms with E-state index in [1.807, 2.05) is 12.1 Å². The number of fused-ring (bicyclic) bond motifs is 2. The molecule has 2 atom stereocenters. The van der Waals surface area contributed by atoms with Crippen LogP contribution in [-0.2, 0) is 28.7 Å². The Hall–Kier alpha value is -2.04. The Kier molecular flexibility index (Phi) is 6.12. The van der Waals surface area contributed by atoms with Gasteiger partial charge < -0.3 is 19.7 Å². The third kappa shape index (κ3) is 4.01. The van der Waals surface area contributed by atoms with Gasteiger partial charge in [0.25, 0.3) is 0 Å². The molecule has 4 heteroatoms.